The van der Waals surface area contributed by atoms with Crippen LogP contribution in [0.2, 0.25) is 0 Å². The largest absolute Gasteiger partial charge is 0.490 e. The lowest BCUT2D eigenvalue weighted by molar-refractivity contribution is -0.143. The summed E-state index contributed by atoms with van der Waals surface area (Å²) in [5.41, 5.74) is 2.99. The van der Waals surface area contributed by atoms with Gasteiger partial charge in [-0.1, -0.05) is 41.7 Å². The first-order valence-corrected chi connectivity index (χ1v) is 17.1. The number of nitrogens with zero attached hydrogens (tertiary/aromatic N) is 2. The Morgan fingerprint density at radius 3 is 2.22 bits per heavy atom. The Bertz CT molecular complexity index is 2120. The maximum atomic E-state index is 14.1. The highest BCUT2D eigenvalue weighted by molar-refractivity contribution is 7.07. The van der Waals surface area contributed by atoms with Gasteiger partial charge in [-0.15, -0.1) is 0 Å². The molecule has 3 aromatic carbocycles. The standard InChI is InChI=1S/C38H38N2O10S/c1-6-46-30-20-27(15-18-29(30)50-22-32(41)45-5)34-33(37(44)48-8-3)23(4)39-38-40(34)35(42)31(51-38)19-24-11-16-28(17-12-24)49-21-25-9-13-26(14-10-25)36(43)47-7-2/h9-20,34H,6-8,21-22H2,1-5H3/b31-19+/t34-/m0/s1. The summed E-state index contributed by atoms with van der Waals surface area (Å²) < 4.78 is 34.4. The fourth-order valence-electron chi connectivity index (χ4n) is 5.31. The summed E-state index contributed by atoms with van der Waals surface area (Å²) in [6, 6.07) is 18.5. The molecule has 0 fully saturated rings. The van der Waals surface area contributed by atoms with Crippen molar-refractivity contribution in [3.8, 4) is 17.2 Å². The van der Waals surface area contributed by atoms with Crippen LogP contribution < -0.4 is 29.1 Å². The van der Waals surface area contributed by atoms with Gasteiger partial charge in [0.2, 0.25) is 0 Å². The third-order valence-electron chi connectivity index (χ3n) is 7.72. The van der Waals surface area contributed by atoms with E-state index >= 15 is 0 Å². The first kappa shape index (κ1) is 36.6. The molecule has 266 valence electrons. The smallest absolute Gasteiger partial charge is 0.343 e. The molecule has 0 aliphatic carbocycles. The van der Waals surface area contributed by atoms with E-state index in [9.17, 15) is 19.2 Å². The molecule has 12 nitrogen and oxygen atoms in total. The van der Waals surface area contributed by atoms with Crippen molar-refractivity contribution in [2.24, 2.45) is 4.99 Å². The van der Waals surface area contributed by atoms with Crippen molar-refractivity contribution >= 4 is 35.3 Å². The minimum Gasteiger partial charge on any atom is -0.490 e. The van der Waals surface area contributed by atoms with E-state index in [-0.39, 0.29) is 30.3 Å². The van der Waals surface area contributed by atoms with Gasteiger partial charge in [0.25, 0.3) is 5.56 Å². The molecule has 0 bridgehead atoms. The van der Waals surface area contributed by atoms with Gasteiger partial charge in [0.15, 0.2) is 22.9 Å². The Balaban J connectivity index is 1.45. The monoisotopic (exact) mass is 714 g/mol. The number of allylic oxidation sites excluding steroid dienone is 1. The molecule has 1 atom stereocenters. The molecule has 0 amide bonds. The van der Waals surface area contributed by atoms with Crippen LogP contribution in [0.25, 0.3) is 6.08 Å². The summed E-state index contributed by atoms with van der Waals surface area (Å²) in [6.45, 7) is 7.71. The minimum absolute atomic E-state index is 0.138. The zero-order valence-electron chi connectivity index (χ0n) is 28.9. The summed E-state index contributed by atoms with van der Waals surface area (Å²) in [6.07, 6.45) is 1.76. The Kier molecular flexibility index (Phi) is 12.1. The highest BCUT2D eigenvalue weighted by Crippen LogP contribution is 2.36. The van der Waals surface area contributed by atoms with Gasteiger partial charge < -0.3 is 28.4 Å². The average molecular weight is 715 g/mol. The molecule has 51 heavy (non-hydrogen) atoms. The van der Waals surface area contributed by atoms with E-state index < -0.39 is 18.0 Å². The van der Waals surface area contributed by atoms with Crippen molar-refractivity contribution in [2.75, 3.05) is 33.5 Å². The molecule has 13 heteroatoms. The van der Waals surface area contributed by atoms with Crippen LogP contribution in [-0.2, 0) is 30.4 Å². The van der Waals surface area contributed by atoms with Gasteiger partial charge in [-0.05, 0) is 86.9 Å². The van der Waals surface area contributed by atoms with Gasteiger partial charge in [0, 0.05) is 0 Å². The molecular weight excluding hydrogens is 676 g/mol. The van der Waals surface area contributed by atoms with Gasteiger partial charge in [0.05, 0.1) is 54.3 Å². The number of hydrogen-bond donors (Lipinski definition) is 0. The molecule has 2 heterocycles. The van der Waals surface area contributed by atoms with Crippen molar-refractivity contribution in [1.29, 1.82) is 0 Å². The van der Waals surface area contributed by atoms with Crippen molar-refractivity contribution in [3.05, 3.63) is 120 Å². The van der Waals surface area contributed by atoms with Gasteiger partial charge in [-0.25, -0.2) is 19.4 Å². The van der Waals surface area contributed by atoms with E-state index in [0.717, 1.165) is 11.1 Å². The summed E-state index contributed by atoms with van der Waals surface area (Å²) in [4.78, 5) is 56.1. The Hall–Kier alpha value is -5.69. The van der Waals surface area contributed by atoms with Crippen LogP contribution in [0.4, 0.5) is 0 Å². The maximum Gasteiger partial charge on any atom is 0.343 e. The van der Waals surface area contributed by atoms with E-state index in [1.54, 1.807) is 76.2 Å². The normalized spacial score (nSPS) is 13.9. The number of ether oxygens (including phenoxy) is 6. The fourth-order valence-corrected chi connectivity index (χ4v) is 6.36. The van der Waals surface area contributed by atoms with Crippen LogP contribution in [0.15, 0.2) is 87.8 Å². The third-order valence-corrected chi connectivity index (χ3v) is 8.70. The van der Waals surface area contributed by atoms with E-state index in [2.05, 4.69) is 9.73 Å². The predicted molar refractivity (Wildman–Crippen MR) is 189 cm³/mol. The number of carbonyl (C=O) groups is 3. The molecular formula is C38H38N2O10S. The molecule has 1 aromatic heterocycles. The molecule has 4 aromatic rings. The summed E-state index contributed by atoms with van der Waals surface area (Å²) in [7, 11) is 1.27. The number of fused-ring (bicyclic) bond motifs is 1. The number of methoxy groups -OCH3 is 1. The van der Waals surface area contributed by atoms with Crippen molar-refractivity contribution in [3.63, 3.8) is 0 Å². The minimum atomic E-state index is -0.876. The number of aromatic nitrogens is 1. The molecule has 0 N–H and O–H groups in total. The van der Waals surface area contributed by atoms with Crippen LogP contribution in [-0.4, -0.2) is 56.0 Å². The maximum absolute atomic E-state index is 14.1. The van der Waals surface area contributed by atoms with E-state index in [1.165, 1.54) is 23.0 Å². The molecule has 0 spiro atoms. The predicted octanol–water partition coefficient (Wildman–Crippen LogP) is 4.50. The average Bonchev–Trinajstić information content (AvgIpc) is 3.43. The summed E-state index contributed by atoms with van der Waals surface area (Å²) >= 11 is 1.21. The van der Waals surface area contributed by atoms with Crippen LogP contribution >= 0.6 is 11.3 Å². The molecule has 1 aliphatic rings. The molecule has 0 unspecified atom stereocenters. The second kappa shape index (κ2) is 16.8. The van der Waals surface area contributed by atoms with Crippen LogP contribution in [0, 0.1) is 0 Å². The fraction of sp³-hybridized carbons (Fsp3) is 0.289. The van der Waals surface area contributed by atoms with Crippen molar-refractivity contribution in [1.82, 2.24) is 4.57 Å². The Labute approximate surface area is 298 Å². The zero-order valence-corrected chi connectivity index (χ0v) is 29.7. The van der Waals surface area contributed by atoms with Gasteiger partial charge in [-0.2, -0.15) is 0 Å². The van der Waals surface area contributed by atoms with Gasteiger partial charge >= 0.3 is 17.9 Å². The quantitative estimate of drug-likeness (QED) is 0.135. The molecule has 0 radical (unpaired) electrons. The topological polar surface area (TPSA) is 141 Å². The number of benzene rings is 3. The van der Waals surface area contributed by atoms with Crippen molar-refractivity contribution in [2.45, 2.75) is 40.3 Å². The van der Waals surface area contributed by atoms with E-state index in [0.29, 0.717) is 63.2 Å². The van der Waals surface area contributed by atoms with Gasteiger partial charge in [0.1, 0.15) is 12.4 Å². The number of rotatable bonds is 14. The third kappa shape index (κ3) is 8.55. The van der Waals surface area contributed by atoms with Crippen LogP contribution in [0.1, 0.15) is 60.8 Å². The number of carbonyl (C=O) groups excluding carboxylic acids is 3. The molecule has 0 saturated heterocycles. The van der Waals surface area contributed by atoms with Crippen LogP contribution in [0.5, 0.6) is 17.2 Å². The highest BCUT2D eigenvalue weighted by Gasteiger charge is 2.34. The Morgan fingerprint density at radius 1 is 0.843 bits per heavy atom. The van der Waals surface area contributed by atoms with Gasteiger partial charge in [-0.3, -0.25) is 9.36 Å². The molecule has 5 rings (SSSR count). The lowest BCUT2D eigenvalue weighted by Gasteiger charge is -2.25. The summed E-state index contributed by atoms with van der Waals surface area (Å²) in [5.74, 6) is -0.259. The van der Waals surface area contributed by atoms with E-state index in [1.807, 2.05) is 24.3 Å². The number of esters is 3. The van der Waals surface area contributed by atoms with Crippen LogP contribution in [0.3, 0.4) is 0 Å². The van der Waals surface area contributed by atoms with E-state index in [4.69, 9.17) is 23.7 Å². The number of hydrogen-bond acceptors (Lipinski definition) is 12. The lowest BCUT2D eigenvalue weighted by atomic mass is 9.95. The molecule has 0 saturated carbocycles. The first-order valence-electron chi connectivity index (χ1n) is 16.3. The lowest BCUT2D eigenvalue weighted by Crippen LogP contribution is -2.40. The second-order valence-electron chi connectivity index (χ2n) is 11.1. The SMILES string of the molecule is CCOC(=O)C1=C(C)N=c2s/c(=C/c3ccc(OCc4ccc(C(=O)OCC)cc4)cc3)c(=O)n2[C@H]1c1ccc(OCC(=O)OC)c(OCC)c1. The molecule has 1 aliphatic heterocycles. The zero-order chi connectivity index (χ0) is 36.5. The second-order valence-corrected chi connectivity index (χ2v) is 12.1. The number of thiazole rings is 1. The summed E-state index contributed by atoms with van der Waals surface area (Å²) in [5, 5.41) is 0. The highest BCUT2D eigenvalue weighted by atomic mass is 32.1. The first-order chi connectivity index (χ1) is 24.7. The Morgan fingerprint density at radius 2 is 1.55 bits per heavy atom. The van der Waals surface area contributed by atoms with Crippen molar-refractivity contribution < 1.29 is 42.8 Å².